The monoisotopic (exact) mass is 564 g/mol. The maximum Gasteiger partial charge on any atom is 0.338 e. The minimum Gasteiger partial charge on any atom is -0.504 e. The molecule has 10 heteroatoms. The SMILES string of the molecule is C=CCc1cc(C=c2sc3n(c2=O)C(c2ccccc2OC)C(C(=O)OCCOC)=C(C)N=3)cc(OCC)c1O. The summed E-state index contributed by atoms with van der Waals surface area (Å²) in [6, 6.07) is 9.90. The summed E-state index contributed by atoms with van der Waals surface area (Å²) in [5.41, 5.74) is 2.29. The lowest BCUT2D eigenvalue weighted by Gasteiger charge is -2.26. The summed E-state index contributed by atoms with van der Waals surface area (Å²) >= 11 is 1.21. The summed E-state index contributed by atoms with van der Waals surface area (Å²) in [5, 5.41) is 10.6. The molecule has 0 fully saturated rings. The minimum absolute atomic E-state index is 0.0452. The number of methoxy groups -OCH3 is 2. The fourth-order valence-electron chi connectivity index (χ4n) is 4.57. The number of phenols is 1. The fourth-order valence-corrected chi connectivity index (χ4v) is 5.61. The van der Waals surface area contributed by atoms with Gasteiger partial charge in [-0.2, -0.15) is 0 Å². The van der Waals surface area contributed by atoms with Gasteiger partial charge in [-0.15, -0.1) is 6.58 Å². The van der Waals surface area contributed by atoms with E-state index in [4.69, 9.17) is 18.9 Å². The van der Waals surface area contributed by atoms with Crippen molar-refractivity contribution in [2.45, 2.75) is 26.3 Å². The first-order chi connectivity index (χ1) is 19.3. The summed E-state index contributed by atoms with van der Waals surface area (Å²) in [6.07, 6.45) is 3.84. The van der Waals surface area contributed by atoms with Crippen molar-refractivity contribution in [2.75, 3.05) is 34.0 Å². The van der Waals surface area contributed by atoms with Crippen molar-refractivity contribution in [1.82, 2.24) is 4.57 Å². The zero-order valence-electron chi connectivity index (χ0n) is 22.9. The van der Waals surface area contributed by atoms with Gasteiger partial charge in [0.25, 0.3) is 5.56 Å². The summed E-state index contributed by atoms with van der Waals surface area (Å²) in [7, 11) is 3.06. The van der Waals surface area contributed by atoms with E-state index in [2.05, 4.69) is 11.6 Å². The molecule has 0 aliphatic carbocycles. The van der Waals surface area contributed by atoms with Crippen molar-refractivity contribution in [3.63, 3.8) is 0 Å². The molecule has 2 aromatic carbocycles. The Bertz CT molecular complexity index is 1630. The number of para-hydroxylation sites is 1. The molecule has 1 unspecified atom stereocenters. The predicted octanol–water partition coefficient (Wildman–Crippen LogP) is 3.27. The molecule has 0 spiro atoms. The number of carbonyl (C=O) groups is 1. The highest BCUT2D eigenvalue weighted by Crippen LogP contribution is 2.36. The number of carbonyl (C=O) groups excluding carboxylic acids is 1. The molecule has 0 amide bonds. The van der Waals surface area contributed by atoms with Gasteiger partial charge >= 0.3 is 5.97 Å². The number of thiazole rings is 1. The molecular weight excluding hydrogens is 532 g/mol. The topological polar surface area (TPSA) is 109 Å². The molecule has 0 saturated heterocycles. The van der Waals surface area contributed by atoms with Gasteiger partial charge in [0, 0.05) is 18.2 Å². The number of rotatable bonds is 11. The summed E-state index contributed by atoms with van der Waals surface area (Å²) in [5.74, 6) is 0.305. The van der Waals surface area contributed by atoms with Crippen LogP contribution in [-0.2, 0) is 20.7 Å². The van der Waals surface area contributed by atoms with Gasteiger partial charge in [0.1, 0.15) is 18.4 Å². The van der Waals surface area contributed by atoms with Crippen LogP contribution in [0.25, 0.3) is 6.08 Å². The van der Waals surface area contributed by atoms with Crippen LogP contribution in [0.2, 0.25) is 0 Å². The zero-order valence-corrected chi connectivity index (χ0v) is 23.7. The molecule has 40 heavy (non-hydrogen) atoms. The quantitative estimate of drug-likeness (QED) is 0.216. The van der Waals surface area contributed by atoms with E-state index in [0.717, 1.165) is 0 Å². The lowest BCUT2D eigenvalue weighted by Crippen LogP contribution is -2.40. The highest BCUT2D eigenvalue weighted by molar-refractivity contribution is 7.07. The van der Waals surface area contributed by atoms with Crippen LogP contribution in [0.1, 0.15) is 36.6 Å². The van der Waals surface area contributed by atoms with Gasteiger partial charge in [-0.1, -0.05) is 35.6 Å². The second-order valence-electron chi connectivity index (χ2n) is 8.91. The standard InChI is InChI=1S/C30H32N2O7S/c1-6-10-20-15-19(16-23(27(20)33)38-7-2)17-24-28(34)32-26(21-11-8-9-12-22(21)37-5)25(18(3)31-30(32)40-24)29(35)39-14-13-36-4/h6,8-9,11-12,15-17,26,33H,1,7,10,13-14H2,2-5H3. The van der Waals surface area contributed by atoms with Crippen molar-refractivity contribution in [3.8, 4) is 17.2 Å². The third kappa shape index (κ3) is 5.73. The molecule has 3 aromatic rings. The average molecular weight is 565 g/mol. The highest BCUT2D eigenvalue weighted by atomic mass is 32.1. The molecule has 0 bridgehead atoms. The van der Waals surface area contributed by atoms with Crippen LogP contribution < -0.4 is 24.4 Å². The van der Waals surface area contributed by atoms with Crippen LogP contribution in [0.15, 0.2) is 70.1 Å². The van der Waals surface area contributed by atoms with Crippen LogP contribution in [0, 0.1) is 0 Å². The molecule has 9 nitrogen and oxygen atoms in total. The van der Waals surface area contributed by atoms with E-state index >= 15 is 0 Å². The molecule has 1 aliphatic heterocycles. The second kappa shape index (κ2) is 12.8. The van der Waals surface area contributed by atoms with Crippen molar-refractivity contribution >= 4 is 23.4 Å². The van der Waals surface area contributed by atoms with Crippen LogP contribution in [0.3, 0.4) is 0 Å². The van der Waals surface area contributed by atoms with Gasteiger partial charge < -0.3 is 24.1 Å². The first-order valence-corrected chi connectivity index (χ1v) is 13.6. The first-order valence-electron chi connectivity index (χ1n) is 12.8. The third-order valence-electron chi connectivity index (χ3n) is 6.33. The minimum atomic E-state index is -0.820. The highest BCUT2D eigenvalue weighted by Gasteiger charge is 2.35. The number of ether oxygens (including phenoxy) is 4. The Balaban J connectivity index is 1.93. The average Bonchev–Trinajstić information content (AvgIpc) is 3.24. The van der Waals surface area contributed by atoms with E-state index in [-0.39, 0.29) is 30.1 Å². The van der Waals surface area contributed by atoms with Gasteiger partial charge in [0.05, 0.1) is 36.1 Å². The molecule has 210 valence electrons. The van der Waals surface area contributed by atoms with Gasteiger partial charge in [-0.3, -0.25) is 9.36 Å². The Kier molecular flexibility index (Phi) is 9.23. The Morgan fingerprint density at radius 1 is 1.20 bits per heavy atom. The lowest BCUT2D eigenvalue weighted by molar-refractivity contribution is -0.140. The van der Waals surface area contributed by atoms with Crippen molar-refractivity contribution in [1.29, 1.82) is 0 Å². The number of aromatic hydroxyl groups is 1. The number of phenolic OH excluding ortho intramolecular Hbond substituents is 1. The second-order valence-corrected chi connectivity index (χ2v) is 9.91. The van der Waals surface area contributed by atoms with Gasteiger partial charge in [0.2, 0.25) is 0 Å². The smallest absolute Gasteiger partial charge is 0.338 e. The molecule has 1 aliphatic rings. The Morgan fingerprint density at radius 3 is 2.67 bits per heavy atom. The van der Waals surface area contributed by atoms with E-state index in [0.29, 0.717) is 56.2 Å². The molecule has 0 radical (unpaired) electrons. The van der Waals surface area contributed by atoms with E-state index in [1.54, 1.807) is 37.3 Å². The van der Waals surface area contributed by atoms with Crippen LogP contribution in [0.5, 0.6) is 17.2 Å². The molecule has 1 atom stereocenters. The number of hydrogen-bond acceptors (Lipinski definition) is 9. The fraction of sp³-hybridized carbons (Fsp3) is 0.300. The largest absolute Gasteiger partial charge is 0.504 e. The number of benzene rings is 2. The van der Waals surface area contributed by atoms with E-state index in [1.807, 2.05) is 25.1 Å². The number of hydrogen-bond donors (Lipinski definition) is 1. The van der Waals surface area contributed by atoms with Crippen LogP contribution in [-0.4, -0.2) is 49.7 Å². The third-order valence-corrected chi connectivity index (χ3v) is 7.32. The van der Waals surface area contributed by atoms with E-state index in [1.165, 1.54) is 30.1 Å². The lowest BCUT2D eigenvalue weighted by atomic mass is 9.95. The molecule has 1 N–H and O–H groups in total. The Hall–Kier alpha value is -4.15. The van der Waals surface area contributed by atoms with Crippen molar-refractivity contribution in [2.24, 2.45) is 4.99 Å². The molecular formula is C30H32N2O7S. The number of fused-ring (bicyclic) bond motifs is 1. The molecule has 4 rings (SSSR count). The maximum absolute atomic E-state index is 14.0. The van der Waals surface area contributed by atoms with Crippen molar-refractivity contribution < 1.29 is 28.8 Å². The summed E-state index contributed by atoms with van der Waals surface area (Å²) < 4.78 is 23.6. The number of esters is 1. The maximum atomic E-state index is 14.0. The van der Waals surface area contributed by atoms with E-state index < -0.39 is 12.0 Å². The normalized spacial score (nSPS) is 14.9. The van der Waals surface area contributed by atoms with Crippen LogP contribution >= 0.6 is 11.3 Å². The molecule has 0 saturated carbocycles. The first kappa shape index (κ1) is 28.8. The zero-order chi connectivity index (χ0) is 28.8. The van der Waals surface area contributed by atoms with Gasteiger partial charge in [-0.05, 0) is 50.1 Å². The number of aromatic nitrogens is 1. The summed E-state index contributed by atoms with van der Waals surface area (Å²) in [4.78, 5) is 32.4. The predicted molar refractivity (Wildman–Crippen MR) is 153 cm³/mol. The molecule has 2 heterocycles. The number of nitrogens with zero attached hydrogens (tertiary/aromatic N) is 2. The van der Waals surface area contributed by atoms with Crippen LogP contribution in [0.4, 0.5) is 0 Å². The number of allylic oxidation sites excluding steroid dienone is 2. The Morgan fingerprint density at radius 2 is 1.98 bits per heavy atom. The van der Waals surface area contributed by atoms with E-state index in [9.17, 15) is 14.7 Å². The summed E-state index contributed by atoms with van der Waals surface area (Å²) in [6.45, 7) is 7.98. The van der Waals surface area contributed by atoms with Crippen molar-refractivity contribution in [3.05, 3.63) is 96.7 Å². The van der Waals surface area contributed by atoms with Gasteiger partial charge in [-0.25, -0.2) is 9.79 Å². The Labute approximate surface area is 235 Å². The van der Waals surface area contributed by atoms with Gasteiger partial charge in [0.15, 0.2) is 16.3 Å². The molecule has 1 aromatic heterocycles.